The highest BCUT2D eigenvalue weighted by molar-refractivity contribution is 6.26. The Bertz CT molecular complexity index is 9410. The molecule has 13 heteroatoms. The zero-order valence-electron chi connectivity index (χ0n) is 76.2. The smallest absolute Gasteiger partial charge is 0.238 e. The van der Waals surface area contributed by atoms with E-state index >= 15 is 0 Å². The highest BCUT2D eigenvalue weighted by Crippen LogP contribution is 2.45. The van der Waals surface area contributed by atoms with E-state index in [1.807, 2.05) is 84.9 Å². The molecule has 28 aromatic rings. The standard InChI is InChI=1S/C45H29N5.C44H28N4.C39H26N4/c1-4-14-30(15-5-1)43-46-44(31-16-6-2-7-17-31)48-45(47-43)32-24-26-34(27-25-32)49-39-23-13-11-21-37(39)41-40(49)29-28-36-35-20-10-12-22-38(35)50(42(36)41)33-18-8-3-9-19-33;1-3-13-29(14-4-1)43-35-19-7-10-20-38(35)45-44(46-43)48-40-22-12-9-18-34(40)37-28-31(24-26-42(37)48)30-23-25-41-36(27-30)33-17-8-11-21-39(33)47(41)32-15-5-2-6-16-32;1-3-11-27(12-4-1)29-19-23-31(24-20-29)37-40-38(32-25-21-30(22-26-32)28-13-5-2-6-14-28)42-39(41-37)43-35-17-9-7-15-33(35)34-16-8-10-18-36(34)43/h1-29H;1-28H;1-26H. The van der Waals surface area contributed by atoms with Crippen molar-refractivity contribution in [3.63, 3.8) is 0 Å². The van der Waals surface area contributed by atoms with Crippen LogP contribution in [0.3, 0.4) is 0 Å². The van der Waals surface area contributed by atoms with E-state index in [0.29, 0.717) is 41.0 Å². The maximum absolute atomic E-state index is 5.23. The van der Waals surface area contributed by atoms with Crippen LogP contribution in [0.4, 0.5) is 0 Å². The van der Waals surface area contributed by atoms with Crippen LogP contribution in [0.1, 0.15) is 0 Å². The fourth-order valence-electron chi connectivity index (χ4n) is 20.4. The summed E-state index contributed by atoms with van der Waals surface area (Å²) in [7, 11) is 0. The maximum Gasteiger partial charge on any atom is 0.238 e. The molecule has 0 spiro atoms. The molecule has 20 aromatic carbocycles. The van der Waals surface area contributed by atoms with E-state index in [4.69, 9.17) is 39.9 Å². The van der Waals surface area contributed by atoms with Gasteiger partial charge in [0.1, 0.15) is 0 Å². The van der Waals surface area contributed by atoms with Gasteiger partial charge in [-0.1, -0.05) is 382 Å². The Balaban J connectivity index is 0.000000109. The lowest BCUT2D eigenvalue weighted by atomic mass is 10.0. The number of nitrogens with zero attached hydrogens (tertiary/aromatic N) is 13. The summed E-state index contributed by atoms with van der Waals surface area (Å²) in [6, 6.07) is 176. The van der Waals surface area contributed by atoms with Crippen LogP contribution < -0.4 is 0 Å². The van der Waals surface area contributed by atoms with Gasteiger partial charge in [0.2, 0.25) is 11.9 Å². The second-order valence-corrected chi connectivity index (χ2v) is 35.3. The monoisotopic (exact) mass is 1800 g/mol. The fraction of sp³-hybridized carbons (Fsp3) is 0. The largest absolute Gasteiger partial charge is 0.309 e. The summed E-state index contributed by atoms with van der Waals surface area (Å²) in [6.07, 6.45) is 0. The summed E-state index contributed by atoms with van der Waals surface area (Å²) in [6.45, 7) is 0. The molecular formula is C128H83N13. The van der Waals surface area contributed by atoms with E-state index < -0.39 is 0 Å². The van der Waals surface area contributed by atoms with E-state index in [9.17, 15) is 0 Å². The van der Waals surface area contributed by atoms with Gasteiger partial charge in [0, 0.05) is 110 Å². The molecule has 0 saturated heterocycles. The highest BCUT2D eigenvalue weighted by Gasteiger charge is 2.26. The first kappa shape index (κ1) is 82.4. The molecule has 0 bridgehead atoms. The van der Waals surface area contributed by atoms with Crippen LogP contribution in [-0.4, -0.2) is 62.7 Å². The molecule has 0 amide bonds. The quantitative estimate of drug-likeness (QED) is 0.105. The van der Waals surface area contributed by atoms with Gasteiger partial charge in [0.15, 0.2) is 29.1 Å². The number of rotatable bonds is 14. The molecule has 0 unspecified atom stereocenters. The third-order valence-electron chi connectivity index (χ3n) is 27.0. The second-order valence-electron chi connectivity index (χ2n) is 35.3. The molecular weight excluding hydrogens is 1720 g/mol. The van der Waals surface area contributed by atoms with Crippen LogP contribution in [0.15, 0.2) is 504 Å². The molecule has 0 atom stereocenters. The lowest BCUT2D eigenvalue weighted by Crippen LogP contribution is -2.06. The molecule has 0 saturated carbocycles. The molecule has 0 aliphatic carbocycles. The van der Waals surface area contributed by atoms with Crippen molar-refractivity contribution in [1.82, 2.24) is 62.7 Å². The average Bonchev–Trinajstić information content (AvgIpc) is 1.54. The Labute approximate surface area is 811 Å². The zero-order chi connectivity index (χ0) is 93.2. The van der Waals surface area contributed by atoms with Crippen LogP contribution in [0.5, 0.6) is 0 Å². The van der Waals surface area contributed by atoms with Crippen molar-refractivity contribution in [1.29, 1.82) is 0 Å². The minimum atomic E-state index is 0.594. The summed E-state index contributed by atoms with van der Waals surface area (Å²) in [5.41, 5.74) is 29.5. The Morgan fingerprint density at radius 1 is 0.135 bits per heavy atom. The molecule has 8 aromatic heterocycles. The normalized spacial score (nSPS) is 11.5. The van der Waals surface area contributed by atoms with Gasteiger partial charge in [-0.15, -0.1) is 0 Å². The maximum atomic E-state index is 5.23. The Hall–Kier alpha value is -19.2. The number of hydrogen-bond acceptors (Lipinski definition) is 8. The SMILES string of the molecule is c1ccc(-c2ccc(-c3nc(-c4ccc(-c5ccccc5)cc4)nc(-n4c5ccccc5c5ccccc54)n3)cc2)cc1.c1ccc(-c2nc(-c3ccccc3)nc(-c3ccc(-n4c5ccccc5c5c4ccc4c6ccccc6n(-c6ccccc6)c45)cc3)n2)cc1.c1ccc(-c2nc(-n3c4ccccc4c4cc(-c5ccc6c(c5)c5ccccc5n6-c5ccccc5)ccc43)nc3ccccc23)cc1. The first-order chi connectivity index (χ1) is 69.9. The third kappa shape index (κ3) is 14.8. The summed E-state index contributed by atoms with van der Waals surface area (Å²) >= 11 is 0. The number of hydrogen-bond donors (Lipinski definition) is 0. The van der Waals surface area contributed by atoms with Crippen molar-refractivity contribution < 1.29 is 0 Å². The summed E-state index contributed by atoms with van der Waals surface area (Å²) in [5, 5.41) is 13.2. The van der Waals surface area contributed by atoms with Crippen molar-refractivity contribution in [3.8, 4) is 131 Å². The molecule has 0 aliphatic heterocycles. The number of aromatic nitrogens is 13. The molecule has 28 rings (SSSR count). The zero-order valence-corrected chi connectivity index (χ0v) is 76.2. The first-order valence-electron chi connectivity index (χ1n) is 47.4. The van der Waals surface area contributed by atoms with Crippen LogP contribution in [-0.2, 0) is 0 Å². The number of para-hydroxylation sites is 9. The molecule has 141 heavy (non-hydrogen) atoms. The minimum Gasteiger partial charge on any atom is -0.309 e. The lowest BCUT2D eigenvalue weighted by Gasteiger charge is -2.12. The van der Waals surface area contributed by atoms with Gasteiger partial charge >= 0.3 is 0 Å². The van der Waals surface area contributed by atoms with Crippen LogP contribution in [0.2, 0.25) is 0 Å². The van der Waals surface area contributed by atoms with Gasteiger partial charge in [-0.2, -0.15) is 9.97 Å². The molecule has 0 aliphatic rings. The molecule has 0 N–H and O–H groups in total. The molecule has 13 nitrogen and oxygen atoms in total. The Morgan fingerprint density at radius 2 is 0.397 bits per heavy atom. The second kappa shape index (κ2) is 35.2. The molecule has 0 fully saturated rings. The van der Waals surface area contributed by atoms with Gasteiger partial charge in [0.05, 0.1) is 66.4 Å². The fourth-order valence-corrected chi connectivity index (χ4v) is 20.4. The summed E-state index contributed by atoms with van der Waals surface area (Å²) in [4.78, 5) is 40.3. The van der Waals surface area contributed by atoms with Crippen LogP contribution in [0.25, 0.3) is 250 Å². The van der Waals surface area contributed by atoms with Crippen LogP contribution >= 0.6 is 0 Å². The van der Waals surface area contributed by atoms with Gasteiger partial charge < -0.3 is 13.7 Å². The molecule has 8 heterocycles. The molecule has 660 valence electrons. The minimum absolute atomic E-state index is 0.594. The highest BCUT2D eigenvalue weighted by atomic mass is 15.2. The van der Waals surface area contributed by atoms with Crippen molar-refractivity contribution in [2.24, 2.45) is 0 Å². The van der Waals surface area contributed by atoms with E-state index in [-0.39, 0.29) is 0 Å². The summed E-state index contributed by atoms with van der Waals surface area (Å²) in [5.74, 6) is 4.47. The van der Waals surface area contributed by atoms with Gasteiger partial charge in [-0.25, -0.2) is 29.9 Å². The molecule has 0 radical (unpaired) electrons. The van der Waals surface area contributed by atoms with Crippen LogP contribution in [0, 0.1) is 0 Å². The number of fused-ring (bicyclic) bond motifs is 17. The van der Waals surface area contributed by atoms with Gasteiger partial charge in [-0.05, 0) is 155 Å². The van der Waals surface area contributed by atoms with E-state index in [2.05, 4.69) is 441 Å². The van der Waals surface area contributed by atoms with E-state index in [1.54, 1.807) is 0 Å². The van der Waals surface area contributed by atoms with Crippen molar-refractivity contribution in [2.75, 3.05) is 0 Å². The average molecular weight is 1800 g/mol. The van der Waals surface area contributed by atoms with Gasteiger partial charge in [0.25, 0.3) is 0 Å². The number of benzene rings is 20. The predicted molar refractivity (Wildman–Crippen MR) is 580 cm³/mol. The predicted octanol–water partition coefficient (Wildman–Crippen LogP) is 31.9. The topological polar surface area (TPSA) is 128 Å². The third-order valence-corrected chi connectivity index (χ3v) is 27.0. The summed E-state index contributed by atoms with van der Waals surface area (Å²) < 4.78 is 11.5. The van der Waals surface area contributed by atoms with Gasteiger partial charge in [-0.3, -0.25) is 9.13 Å². The first-order valence-corrected chi connectivity index (χ1v) is 47.4. The lowest BCUT2D eigenvalue weighted by molar-refractivity contribution is 0.953. The Kier molecular flexibility index (Phi) is 20.6. The van der Waals surface area contributed by atoms with E-state index in [0.717, 1.165) is 111 Å². The van der Waals surface area contributed by atoms with Crippen molar-refractivity contribution in [2.45, 2.75) is 0 Å². The van der Waals surface area contributed by atoms with E-state index in [1.165, 1.54) is 98.2 Å². The van der Waals surface area contributed by atoms with Crippen molar-refractivity contribution >= 4 is 120 Å². The Morgan fingerprint density at radius 3 is 0.844 bits per heavy atom. The van der Waals surface area contributed by atoms with Crippen molar-refractivity contribution in [3.05, 3.63) is 504 Å².